The number of amides is 1. The van der Waals surface area contributed by atoms with E-state index in [0.29, 0.717) is 55.4 Å². The molecule has 1 amide bonds. The first-order valence-corrected chi connectivity index (χ1v) is 15.4. The zero-order valence-electron chi connectivity index (χ0n) is 23.9. The topological polar surface area (TPSA) is 128 Å². The minimum atomic E-state index is -0.956. The zero-order valence-corrected chi connectivity index (χ0v) is 24.7. The molecule has 2 bridgehead atoms. The van der Waals surface area contributed by atoms with Crippen LogP contribution in [0.4, 0.5) is 23.5 Å². The number of carboxylic acid groups (broad SMARTS) is 1. The summed E-state index contributed by atoms with van der Waals surface area (Å²) in [7, 11) is 2.07. The second-order valence-electron chi connectivity index (χ2n) is 12.3. The van der Waals surface area contributed by atoms with Gasteiger partial charge in [0.1, 0.15) is 0 Å². The van der Waals surface area contributed by atoms with E-state index in [4.69, 9.17) is 20.1 Å². The average molecular weight is 579 g/mol. The zero-order chi connectivity index (χ0) is 28.7. The predicted molar refractivity (Wildman–Crippen MR) is 160 cm³/mol. The molecule has 4 fully saturated rings. The van der Waals surface area contributed by atoms with E-state index >= 15 is 0 Å². The summed E-state index contributed by atoms with van der Waals surface area (Å²) in [6, 6.07) is 6.02. The summed E-state index contributed by atoms with van der Waals surface area (Å²) in [4.78, 5) is 48.3. The summed E-state index contributed by atoms with van der Waals surface area (Å²) >= 11 is 1.59. The van der Waals surface area contributed by atoms with Crippen LogP contribution in [-0.4, -0.2) is 81.6 Å². The summed E-state index contributed by atoms with van der Waals surface area (Å²) in [6.07, 6.45) is 3.75. The maximum Gasteiger partial charge on any atom is 0.303 e. The second-order valence-corrected chi connectivity index (χ2v) is 13.1. The molecule has 1 aromatic carbocycles. The number of anilines is 4. The van der Waals surface area contributed by atoms with Gasteiger partial charge in [-0.05, 0) is 60.6 Å². The minimum absolute atomic E-state index is 0.0217. The molecular formula is C29H38N8O3S. The molecule has 3 atom stereocenters. The van der Waals surface area contributed by atoms with Crippen LogP contribution in [0.15, 0.2) is 23.7 Å². The summed E-state index contributed by atoms with van der Waals surface area (Å²) in [6.45, 7) is 7.89. The van der Waals surface area contributed by atoms with Crippen LogP contribution in [0.3, 0.4) is 0 Å². The van der Waals surface area contributed by atoms with Crippen molar-refractivity contribution in [2.75, 3.05) is 54.9 Å². The standard InChI is InChI=1S/C29H38N8O3S/c1-29(2)19-5-4-18(21(29)14-19)16-35(3)27-32-26(31-20-6-7-22-23(15-20)41-17-30-22)33-28(34-27)37-12-10-36(11-13-37)24(38)8-9-25(39)40/h6-7,15,17-19,21H,4-5,8-14,16H2,1-3H3,(H,39,40)(H,31,32,33,34)/t18?,19-,21-/m1/s1. The van der Waals surface area contributed by atoms with Gasteiger partial charge >= 0.3 is 5.97 Å². The largest absolute Gasteiger partial charge is 0.481 e. The molecule has 218 valence electrons. The Hall–Kier alpha value is -3.54. The van der Waals surface area contributed by atoms with E-state index in [9.17, 15) is 9.59 Å². The van der Waals surface area contributed by atoms with Crippen LogP contribution >= 0.6 is 11.3 Å². The normalized spacial score (nSPS) is 23.2. The molecule has 4 aliphatic rings. The van der Waals surface area contributed by atoms with Crippen molar-refractivity contribution in [1.82, 2.24) is 24.8 Å². The SMILES string of the molecule is CN(CC1CC[C@@H]2C[C@H]1C2(C)C)c1nc(Nc2ccc3ncsc3c2)nc(N2CCN(C(=O)CCC(=O)O)CC2)n1. The van der Waals surface area contributed by atoms with Crippen molar-refractivity contribution in [2.45, 2.75) is 46.0 Å². The fourth-order valence-corrected chi connectivity index (χ4v) is 7.64. The number of nitrogens with one attached hydrogen (secondary N) is 1. The van der Waals surface area contributed by atoms with Gasteiger partial charge in [0, 0.05) is 51.9 Å². The third kappa shape index (κ3) is 5.66. The van der Waals surface area contributed by atoms with Crippen molar-refractivity contribution >= 4 is 57.0 Å². The highest BCUT2D eigenvalue weighted by molar-refractivity contribution is 7.16. The smallest absolute Gasteiger partial charge is 0.303 e. The van der Waals surface area contributed by atoms with Crippen molar-refractivity contribution in [3.05, 3.63) is 23.7 Å². The molecule has 1 saturated heterocycles. The van der Waals surface area contributed by atoms with Gasteiger partial charge in [0.15, 0.2) is 0 Å². The summed E-state index contributed by atoms with van der Waals surface area (Å²) in [5.41, 5.74) is 4.10. The number of carbonyl (C=O) groups excluding carboxylic acids is 1. The van der Waals surface area contributed by atoms with Crippen LogP contribution in [0, 0.1) is 23.2 Å². The second kappa shape index (κ2) is 11.0. The average Bonchev–Trinajstić information content (AvgIpc) is 3.44. The number of aromatic nitrogens is 4. The summed E-state index contributed by atoms with van der Waals surface area (Å²) in [5.74, 6) is 2.82. The van der Waals surface area contributed by atoms with Crippen LogP contribution in [0.25, 0.3) is 10.2 Å². The number of carboxylic acids is 1. The van der Waals surface area contributed by atoms with Gasteiger partial charge in [0.05, 0.1) is 22.1 Å². The number of carbonyl (C=O) groups is 2. The van der Waals surface area contributed by atoms with Crippen molar-refractivity contribution in [2.24, 2.45) is 23.2 Å². The van der Waals surface area contributed by atoms with Crippen molar-refractivity contribution < 1.29 is 14.7 Å². The number of benzene rings is 1. The van der Waals surface area contributed by atoms with Gasteiger partial charge in [-0.3, -0.25) is 9.59 Å². The van der Waals surface area contributed by atoms with Crippen LogP contribution in [0.5, 0.6) is 0 Å². The van der Waals surface area contributed by atoms with E-state index in [0.717, 1.165) is 34.3 Å². The van der Waals surface area contributed by atoms with Crippen molar-refractivity contribution in [3.63, 3.8) is 0 Å². The Kier molecular flexibility index (Phi) is 7.43. The molecule has 0 radical (unpaired) electrons. The summed E-state index contributed by atoms with van der Waals surface area (Å²) < 4.78 is 1.09. The molecule has 2 N–H and O–H groups in total. The highest BCUT2D eigenvalue weighted by Gasteiger charge is 2.54. The van der Waals surface area contributed by atoms with E-state index in [1.165, 1.54) is 19.3 Å². The van der Waals surface area contributed by atoms with Gasteiger partial charge in [-0.2, -0.15) is 15.0 Å². The van der Waals surface area contributed by atoms with Gasteiger partial charge in [0.2, 0.25) is 23.8 Å². The molecule has 3 aromatic rings. The minimum Gasteiger partial charge on any atom is -0.481 e. The molecule has 3 aliphatic carbocycles. The Morgan fingerprint density at radius 1 is 1.12 bits per heavy atom. The lowest BCUT2D eigenvalue weighted by atomic mass is 9.45. The van der Waals surface area contributed by atoms with Gasteiger partial charge in [-0.15, -0.1) is 11.3 Å². The third-order valence-electron chi connectivity index (χ3n) is 9.52. The predicted octanol–water partition coefficient (Wildman–Crippen LogP) is 4.25. The van der Waals surface area contributed by atoms with E-state index < -0.39 is 5.97 Å². The van der Waals surface area contributed by atoms with Crippen molar-refractivity contribution in [1.29, 1.82) is 0 Å². The van der Waals surface area contributed by atoms with Gasteiger partial charge in [-0.1, -0.05) is 13.8 Å². The van der Waals surface area contributed by atoms with Crippen LogP contribution in [0.1, 0.15) is 46.0 Å². The number of nitrogens with zero attached hydrogens (tertiary/aromatic N) is 7. The molecule has 0 spiro atoms. The molecule has 3 heterocycles. The van der Waals surface area contributed by atoms with E-state index in [1.807, 2.05) is 17.6 Å². The Bertz CT molecular complexity index is 1430. The lowest BCUT2D eigenvalue weighted by Crippen LogP contribution is -2.54. The first kappa shape index (κ1) is 27.6. The Morgan fingerprint density at radius 3 is 2.66 bits per heavy atom. The molecule has 3 saturated carbocycles. The number of hydrogen-bond donors (Lipinski definition) is 2. The van der Waals surface area contributed by atoms with Gasteiger partial charge < -0.3 is 25.1 Å². The molecule has 2 aromatic heterocycles. The highest BCUT2D eigenvalue weighted by atomic mass is 32.1. The lowest BCUT2D eigenvalue weighted by molar-refractivity contribution is -0.141. The molecule has 12 heteroatoms. The third-order valence-corrected chi connectivity index (χ3v) is 10.3. The van der Waals surface area contributed by atoms with Gasteiger partial charge in [0.25, 0.3) is 0 Å². The monoisotopic (exact) mass is 578 g/mol. The maximum absolute atomic E-state index is 12.5. The molecule has 1 unspecified atom stereocenters. The fraction of sp³-hybridized carbons (Fsp3) is 0.586. The van der Waals surface area contributed by atoms with E-state index in [1.54, 1.807) is 16.2 Å². The van der Waals surface area contributed by atoms with Crippen LogP contribution in [-0.2, 0) is 9.59 Å². The van der Waals surface area contributed by atoms with E-state index in [2.05, 4.69) is 47.1 Å². The van der Waals surface area contributed by atoms with Crippen LogP contribution < -0.4 is 15.1 Å². The van der Waals surface area contributed by atoms with Crippen LogP contribution in [0.2, 0.25) is 0 Å². The number of fused-ring (bicyclic) bond motifs is 3. The molecule has 41 heavy (non-hydrogen) atoms. The van der Waals surface area contributed by atoms with Crippen molar-refractivity contribution in [3.8, 4) is 0 Å². The molecule has 7 rings (SSSR count). The molecular weight excluding hydrogens is 540 g/mol. The number of hydrogen-bond acceptors (Lipinski definition) is 10. The number of piperazine rings is 1. The Morgan fingerprint density at radius 2 is 1.93 bits per heavy atom. The molecule has 11 nitrogen and oxygen atoms in total. The fourth-order valence-electron chi connectivity index (χ4n) is 6.93. The van der Waals surface area contributed by atoms with E-state index in [-0.39, 0.29) is 18.7 Å². The quantitative estimate of drug-likeness (QED) is 0.380. The number of rotatable bonds is 9. The number of thiazole rings is 1. The summed E-state index contributed by atoms with van der Waals surface area (Å²) in [5, 5.41) is 12.3. The van der Waals surface area contributed by atoms with Gasteiger partial charge in [-0.25, -0.2) is 4.98 Å². The molecule has 1 aliphatic heterocycles. The Balaban J connectivity index is 1.21. The maximum atomic E-state index is 12.5. The Labute approximate surface area is 244 Å². The highest BCUT2D eigenvalue weighted by Crippen LogP contribution is 2.61. The first-order valence-electron chi connectivity index (χ1n) is 14.5. The lowest BCUT2D eigenvalue weighted by Gasteiger charge is -2.60. The number of aliphatic carboxylic acids is 1. The first-order chi connectivity index (χ1) is 19.7.